The maximum Gasteiger partial charge on any atom is 0.299 e. The second-order valence-corrected chi connectivity index (χ2v) is 6.21. The molecule has 1 unspecified atom stereocenters. The lowest BCUT2D eigenvalue weighted by molar-refractivity contribution is 0.502. The predicted octanol–water partition coefficient (Wildman–Crippen LogP) is -0.220. The summed E-state index contributed by atoms with van der Waals surface area (Å²) < 4.78 is 32.5. The fraction of sp³-hybridized carbons (Fsp3) is 1.00. The highest BCUT2D eigenvalue weighted by molar-refractivity contribution is 8.11. The Morgan fingerprint density at radius 1 is 1.55 bits per heavy atom. The zero-order chi connectivity index (χ0) is 9.07. The van der Waals surface area contributed by atoms with E-state index in [0.29, 0.717) is 5.75 Å². The van der Waals surface area contributed by atoms with Crippen LogP contribution >= 0.6 is 10.7 Å². The van der Waals surface area contributed by atoms with Crippen LogP contribution in [0.5, 0.6) is 0 Å². The third kappa shape index (κ3) is 5.60. The second-order valence-electron chi connectivity index (χ2n) is 2.04. The predicted molar refractivity (Wildman–Crippen MR) is 46.3 cm³/mol. The van der Waals surface area contributed by atoms with Gasteiger partial charge in [-0.1, -0.05) is 0 Å². The van der Waals surface area contributed by atoms with Gasteiger partial charge in [0, 0.05) is 47.1 Å². The summed E-state index contributed by atoms with van der Waals surface area (Å²) in [6, 6.07) is 0. The number of rotatable bonds is 4. The van der Waals surface area contributed by atoms with Gasteiger partial charge in [-0.25, -0.2) is 0 Å². The van der Waals surface area contributed by atoms with Crippen molar-refractivity contribution in [2.45, 2.75) is 0 Å². The molecule has 0 aromatic rings. The summed E-state index contributed by atoms with van der Waals surface area (Å²) in [4.78, 5) is 0. The quantitative estimate of drug-likeness (QED) is 0.615. The van der Waals surface area contributed by atoms with Crippen molar-refractivity contribution in [3.63, 3.8) is 0 Å². The molecule has 0 amide bonds. The maximum atomic E-state index is 10.5. The van der Waals surface area contributed by atoms with Gasteiger partial charge in [0.05, 0.1) is 0 Å². The molecule has 0 aromatic carbocycles. The first-order valence-corrected chi connectivity index (χ1v) is 6.79. The van der Waals surface area contributed by atoms with Gasteiger partial charge >= 0.3 is 0 Å². The van der Waals surface area contributed by atoms with Crippen molar-refractivity contribution in [1.29, 1.82) is 0 Å². The van der Waals surface area contributed by atoms with Gasteiger partial charge in [0.1, 0.15) is 0 Å². The van der Waals surface area contributed by atoms with E-state index in [1.165, 1.54) is 13.3 Å². The third-order valence-electron chi connectivity index (χ3n) is 1.07. The van der Waals surface area contributed by atoms with Crippen molar-refractivity contribution in [2.24, 2.45) is 0 Å². The Bertz CT molecular complexity index is 238. The minimum atomic E-state index is -3.63. The molecule has 0 aromatic heterocycles. The minimum absolute atomic E-state index is 0.189. The summed E-state index contributed by atoms with van der Waals surface area (Å²) in [5.41, 5.74) is 0. The van der Waals surface area contributed by atoms with Crippen LogP contribution in [-0.2, 0) is 20.0 Å². The summed E-state index contributed by atoms with van der Waals surface area (Å²) >= 11 is 0. The highest BCUT2D eigenvalue weighted by Crippen LogP contribution is 2.01. The number of hydrogen-bond donors (Lipinski definition) is 0. The van der Waals surface area contributed by atoms with Gasteiger partial charge in [0.15, 0.2) is 0 Å². The van der Waals surface area contributed by atoms with E-state index in [0.717, 1.165) is 4.31 Å². The molecule has 0 saturated carbocycles. The van der Waals surface area contributed by atoms with Gasteiger partial charge in [-0.3, -0.25) is 4.21 Å². The number of nitrogens with zero attached hydrogens (tertiary/aromatic N) is 1. The van der Waals surface area contributed by atoms with Crippen molar-refractivity contribution >= 4 is 30.7 Å². The van der Waals surface area contributed by atoms with Gasteiger partial charge in [0.2, 0.25) is 0 Å². The molecule has 0 aliphatic heterocycles. The average molecular weight is 220 g/mol. The summed E-state index contributed by atoms with van der Waals surface area (Å²) in [6.07, 6.45) is 1.51. The maximum absolute atomic E-state index is 10.5. The van der Waals surface area contributed by atoms with Crippen molar-refractivity contribution in [3.05, 3.63) is 0 Å². The Kier molecular flexibility index (Phi) is 4.53. The van der Waals surface area contributed by atoms with E-state index in [9.17, 15) is 12.6 Å². The van der Waals surface area contributed by atoms with Crippen molar-refractivity contribution in [3.8, 4) is 0 Å². The molecule has 0 aliphatic carbocycles. The molecule has 0 rings (SSSR count). The largest absolute Gasteiger partial charge is 0.299 e. The van der Waals surface area contributed by atoms with Crippen molar-refractivity contribution in [2.75, 3.05) is 25.6 Å². The van der Waals surface area contributed by atoms with E-state index in [1.54, 1.807) is 0 Å². The smallest absolute Gasteiger partial charge is 0.260 e. The molecular weight excluding hydrogens is 210 g/mol. The fourth-order valence-electron chi connectivity index (χ4n) is 0.366. The molecule has 0 heterocycles. The van der Waals surface area contributed by atoms with Crippen LogP contribution in [0, 0.1) is 0 Å². The van der Waals surface area contributed by atoms with Gasteiger partial charge in [-0.15, -0.1) is 0 Å². The first-order chi connectivity index (χ1) is 4.84. The van der Waals surface area contributed by atoms with Crippen LogP contribution in [0.2, 0.25) is 0 Å². The Morgan fingerprint density at radius 2 is 2.00 bits per heavy atom. The average Bonchev–Trinajstić information content (AvgIpc) is 1.80. The van der Waals surface area contributed by atoms with E-state index < -0.39 is 20.0 Å². The Balaban J connectivity index is 3.90. The zero-order valence-electron chi connectivity index (χ0n) is 6.28. The summed E-state index contributed by atoms with van der Waals surface area (Å²) in [5, 5.41) is 0. The third-order valence-corrected chi connectivity index (χ3v) is 3.46. The van der Waals surface area contributed by atoms with Crippen LogP contribution in [0.4, 0.5) is 0 Å². The van der Waals surface area contributed by atoms with Gasteiger partial charge in [-0.2, -0.15) is 12.7 Å². The molecule has 0 radical (unpaired) electrons. The van der Waals surface area contributed by atoms with Crippen LogP contribution in [-0.4, -0.2) is 42.5 Å². The Morgan fingerprint density at radius 3 is 2.27 bits per heavy atom. The van der Waals surface area contributed by atoms with Crippen LogP contribution in [0.25, 0.3) is 0 Å². The molecule has 7 heteroatoms. The standard InChI is InChI=1S/C4H10ClNO3S2/c1-6(11(5,8)9)3-4-10(2)7/h3-4H2,1-2H3. The zero-order valence-corrected chi connectivity index (χ0v) is 8.67. The van der Waals surface area contributed by atoms with Crippen LogP contribution in [0.15, 0.2) is 0 Å². The summed E-state index contributed by atoms with van der Waals surface area (Å²) in [6.45, 7) is 0.189. The first-order valence-electron chi connectivity index (χ1n) is 2.80. The lowest BCUT2D eigenvalue weighted by Gasteiger charge is -2.09. The molecular formula is C4H10ClNO3S2. The molecule has 11 heavy (non-hydrogen) atoms. The molecule has 0 N–H and O–H groups in total. The van der Waals surface area contributed by atoms with E-state index >= 15 is 0 Å². The second kappa shape index (κ2) is 4.39. The van der Waals surface area contributed by atoms with Gasteiger partial charge < -0.3 is 0 Å². The van der Waals surface area contributed by atoms with Crippen LogP contribution in [0.3, 0.4) is 0 Å². The van der Waals surface area contributed by atoms with Gasteiger partial charge in [0.25, 0.3) is 9.24 Å². The molecule has 0 bridgehead atoms. The lowest BCUT2D eigenvalue weighted by atomic mass is 10.8. The molecule has 0 saturated heterocycles. The highest BCUT2D eigenvalue weighted by Gasteiger charge is 2.12. The fourth-order valence-corrected chi connectivity index (χ4v) is 1.53. The van der Waals surface area contributed by atoms with E-state index in [2.05, 4.69) is 0 Å². The highest BCUT2D eigenvalue weighted by atomic mass is 35.7. The molecule has 0 aliphatic rings. The topological polar surface area (TPSA) is 54.5 Å². The first kappa shape index (κ1) is 11.4. The molecule has 0 spiro atoms. The molecule has 0 fully saturated rings. The molecule has 1 atom stereocenters. The van der Waals surface area contributed by atoms with E-state index in [-0.39, 0.29) is 6.54 Å². The summed E-state index contributed by atoms with van der Waals surface area (Å²) in [5.74, 6) is 0.308. The monoisotopic (exact) mass is 219 g/mol. The Labute approximate surface area is 73.5 Å². The van der Waals surface area contributed by atoms with Crippen LogP contribution in [0.1, 0.15) is 0 Å². The normalized spacial score (nSPS) is 15.3. The lowest BCUT2D eigenvalue weighted by Crippen LogP contribution is -2.26. The van der Waals surface area contributed by atoms with Crippen LogP contribution < -0.4 is 0 Å². The molecule has 4 nitrogen and oxygen atoms in total. The number of hydrogen-bond acceptors (Lipinski definition) is 3. The Hall–Kier alpha value is 0.350. The minimum Gasteiger partial charge on any atom is -0.260 e. The van der Waals surface area contributed by atoms with Gasteiger partial charge in [-0.05, 0) is 0 Å². The number of halogens is 1. The summed E-state index contributed by atoms with van der Waals surface area (Å²) in [7, 11) is 1.70. The van der Waals surface area contributed by atoms with Crippen molar-refractivity contribution in [1.82, 2.24) is 4.31 Å². The van der Waals surface area contributed by atoms with E-state index in [4.69, 9.17) is 10.7 Å². The molecule has 68 valence electrons. The van der Waals surface area contributed by atoms with E-state index in [1.807, 2.05) is 0 Å². The van der Waals surface area contributed by atoms with Crippen molar-refractivity contribution < 1.29 is 12.6 Å². The SMILES string of the molecule is CN(CCS(C)=O)S(=O)(=O)Cl.